The molecule has 0 unspecified atom stereocenters. The predicted molar refractivity (Wildman–Crippen MR) is 53.3 cm³/mol. The lowest BCUT2D eigenvalue weighted by molar-refractivity contribution is 0.564. The topological polar surface area (TPSA) is 24.1 Å². The highest BCUT2D eigenvalue weighted by Gasteiger charge is 2.09. The van der Waals surface area contributed by atoms with Gasteiger partial charge in [0, 0.05) is 19.6 Å². The lowest BCUT2D eigenvalue weighted by atomic mass is 10.0. The highest BCUT2D eigenvalue weighted by Crippen LogP contribution is 2.07. The SMILES string of the molecule is CC(CNCC(C)C)=C1CNC1. The van der Waals surface area contributed by atoms with Crippen molar-refractivity contribution in [2.45, 2.75) is 20.8 Å². The van der Waals surface area contributed by atoms with Crippen LogP contribution in [0.2, 0.25) is 0 Å². The Bertz CT molecular complexity index is 165. The van der Waals surface area contributed by atoms with E-state index in [0.29, 0.717) is 0 Å². The Morgan fingerprint density at radius 2 is 2.17 bits per heavy atom. The molecule has 1 fully saturated rings. The molecule has 2 N–H and O–H groups in total. The Morgan fingerprint density at radius 1 is 1.50 bits per heavy atom. The summed E-state index contributed by atoms with van der Waals surface area (Å²) in [5.41, 5.74) is 3.11. The van der Waals surface area contributed by atoms with Gasteiger partial charge in [-0.2, -0.15) is 0 Å². The van der Waals surface area contributed by atoms with Crippen LogP contribution < -0.4 is 10.6 Å². The van der Waals surface area contributed by atoms with Gasteiger partial charge in [-0.05, 0) is 25.0 Å². The van der Waals surface area contributed by atoms with Gasteiger partial charge in [-0.1, -0.05) is 19.4 Å². The van der Waals surface area contributed by atoms with Gasteiger partial charge in [-0.3, -0.25) is 0 Å². The standard InChI is InChI=1S/C10H20N2/c1-8(2)4-11-5-9(3)10-6-12-7-10/h8,11-12H,4-7H2,1-3H3. The maximum absolute atomic E-state index is 3.45. The second kappa shape index (κ2) is 4.63. The molecule has 1 heterocycles. The van der Waals surface area contributed by atoms with E-state index in [0.717, 1.165) is 32.1 Å². The van der Waals surface area contributed by atoms with Gasteiger partial charge in [0.2, 0.25) is 0 Å². The van der Waals surface area contributed by atoms with Crippen molar-refractivity contribution in [2.75, 3.05) is 26.2 Å². The Labute approximate surface area is 75.4 Å². The Morgan fingerprint density at radius 3 is 2.58 bits per heavy atom. The summed E-state index contributed by atoms with van der Waals surface area (Å²) in [5.74, 6) is 0.752. The molecule has 1 aliphatic heterocycles. The fraction of sp³-hybridized carbons (Fsp3) is 0.800. The fourth-order valence-corrected chi connectivity index (χ4v) is 1.23. The summed E-state index contributed by atoms with van der Waals surface area (Å²) in [6.07, 6.45) is 0. The second-order valence-electron chi connectivity index (χ2n) is 4.01. The second-order valence-corrected chi connectivity index (χ2v) is 4.01. The molecule has 1 saturated heterocycles. The molecule has 1 rings (SSSR count). The zero-order chi connectivity index (χ0) is 8.97. The summed E-state index contributed by atoms with van der Waals surface area (Å²) in [6, 6.07) is 0. The molecule has 0 aromatic carbocycles. The normalized spacial score (nSPS) is 16.5. The highest BCUT2D eigenvalue weighted by atomic mass is 14.9. The first kappa shape index (κ1) is 9.75. The highest BCUT2D eigenvalue weighted by molar-refractivity contribution is 5.22. The van der Waals surface area contributed by atoms with Crippen molar-refractivity contribution < 1.29 is 0 Å². The third-order valence-corrected chi connectivity index (χ3v) is 2.22. The van der Waals surface area contributed by atoms with E-state index in [2.05, 4.69) is 31.4 Å². The Balaban J connectivity index is 2.14. The van der Waals surface area contributed by atoms with E-state index < -0.39 is 0 Å². The van der Waals surface area contributed by atoms with E-state index >= 15 is 0 Å². The van der Waals surface area contributed by atoms with Crippen molar-refractivity contribution in [2.24, 2.45) is 5.92 Å². The first-order valence-corrected chi connectivity index (χ1v) is 4.79. The van der Waals surface area contributed by atoms with Gasteiger partial charge in [-0.25, -0.2) is 0 Å². The minimum absolute atomic E-state index is 0.752. The molecule has 0 radical (unpaired) electrons. The molecule has 70 valence electrons. The summed E-state index contributed by atoms with van der Waals surface area (Å²) in [6.45, 7) is 11.1. The average Bonchev–Trinajstić information content (AvgIpc) is 1.81. The van der Waals surface area contributed by atoms with Crippen molar-refractivity contribution in [1.82, 2.24) is 10.6 Å². The van der Waals surface area contributed by atoms with Crippen LogP contribution in [-0.4, -0.2) is 26.2 Å². The van der Waals surface area contributed by atoms with Gasteiger partial charge in [0.1, 0.15) is 0 Å². The molecular formula is C10H20N2. The summed E-state index contributed by atoms with van der Waals surface area (Å²) < 4.78 is 0. The zero-order valence-electron chi connectivity index (χ0n) is 8.41. The predicted octanol–water partition coefficient (Wildman–Crippen LogP) is 1.15. The first-order chi connectivity index (χ1) is 5.70. The average molecular weight is 168 g/mol. The van der Waals surface area contributed by atoms with Crippen LogP contribution in [0.15, 0.2) is 11.1 Å². The van der Waals surface area contributed by atoms with Crippen LogP contribution in [-0.2, 0) is 0 Å². The maximum Gasteiger partial charge on any atom is 0.0183 e. The zero-order valence-corrected chi connectivity index (χ0v) is 8.41. The van der Waals surface area contributed by atoms with Crippen molar-refractivity contribution in [3.8, 4) is 0 Å². The summed E-state index contributed by atoms with van der Waals surface area (Å²) in [5, 5.41) is 6.70. The van der Waals surface area contributed by atoms with E-state index in [1.54, 1.807) is 5.57 Å². The first-order valence-electron chi connectivity index (χ1n) is 4.79. The Kier molecular flexibility index (Phi) is 3.76. The van der Waals surface area contributed by atoms with Gasteiger partial charge >= 0.3 is 0 Å². The van der Waals surface area contributed by atoms with Gasteiger partial charge < -0.3 is 10.6 Å². The fourth-order valence-electron chi connectivity index (χ4n) is 1.23. The van der Waals surface area contributed by atoms with Gasteiger partial charge in [0.25, 0.3) is 0 Å². The number of nitrogens with one attached hydrogen (secondary N) is 2. The molecule has 0 spiro atoms. The Hall–Kier alpha value is -0.340. The molecule has 12 heavy (non-hydrogen) atoms. The van der Waals surface area contributed by atoms with Crippen LogP contribution in [0, 0.1) is 5.92 Å². The minimum Gasteiger partial charge on any atom is -0.313 e. The van der Waals surface area contributed by atoms with Crippen LogP contribution in [0.25, 0.3) is 0 Å². The monoisotopic (exact) mass is 168 g/mol. The molecule has 0 aromatic rings. The smallest absolute Gasteiger partial charge is 0.0183 e. The number of hydrogen-bond donors (Lipinski definition) is 2. The van der Waals surface area contributed by atoms with Crippen molar-refractivity contribution in [1.29, 1.82) is 0 Å². The van der Waals surface area contributed by atoms with Gasteiger partial charge in [0.15, 0.2) is 0 Å². The van der Waals surface area contributed by atoms with Crippen LogP contribution in [0.3, 0.4) is 0 Å². The van der Waals surface area contributed by atoms with Crippen LogP contribution in [0.1, 0.15) is 20.8 Å². The third-order valence-electron chi connectivity index (χ3n) is 2.22. The number of rotatable bonds is 4. The van der Waals surface area contributed by atoms with Crippen molar-refractivity contribution in [3.63, 3.8) is 0 Å². The summed E-state index contributed by atoms with van der Waals surface area (Å²) >= 11 is 0. The van der Waals surface area contributed by atoms with E-state index in [-0.39, 0.29) is 0 Å². The van der Waals surface area contributed by atoms with Gasteiger partial charge in [0.05, 0.1) is 0 Å². The van der Waals surface area contributed by atoms with Crippen molar-refractivity contribution >= 4 is 0 Å². The largest absolute Gasteiger partial charge is 0.313 e. The maximum atomic E-state index is 3.45. The molecule has 0 saturated carbocycles. The molecule has 0 aliphatic carbocycles. The molecular weight excluding hydrogens is 148 g/mol. The lowest BCUT2D eigenvalue weighted by Gasteiger charge is -2.22. The van der Waals surface area contributed by atoms with Crippen LogP contribution in [0.5, 0.6) is 0 Å². The van der Waals surface area contributed by atoms with E-state index in [9.17, 15) is 0 Å². The van der Waals surface area contributed by atoms with Crippen molar-refractivity contribution in [3.05, 3.63) is 11.1 Å². The van der Waals surface area contributed by atoms with E-state index in [1.807, 2.05) is 0 Å². The molecule has 2 nitrogen and oxygen atoms in total. The third kappa shape index (κ3) is 2.95. The lowest BCUT2D eigenvalue weighted by Crippen LogP contribution is -2.36. The molecule has 2 heteroatoms. The minimum atomic E-state index is 0.752. The van der Waals surface area contributed by atoms with Crippen LogP contribution >= 0.6 is 0 Å². The van der Waals surface area contributed by atoms with E-state index in [1.165, 1.54) is 5.57 Å². The molecule has 0 aromatic heterocycles. The quantitative estimate of drug-likeness (QED) is 0.615. The summed E-state index contributed by atoms with van der Waals surface area (Å²) in [7, 11) is 0. The molecule has 0 bridgehead atoms. The summed E-state index contributed by atoms with van der Waals surface area (Å²) in [4.78, 5) is 0. The molecule has 0 atom stereocenters. The van der Waals surface area contributed by atoms with Crippen LogP contribution in [0.4, 0.5) is 0 Å². The number of hydrogen-bond acceptors (Lipinski definition) is 2. The van der Waals surface area contributed by atoms with E-state index in [4.69, 9.17) is 0 Å². The molecule has 1 aliphatic rings. The van der Waals surface area contributed by atoms with Gasteiger partial charge in [-0.15, -0.1) is 0 Å². The molecule has 0 amide bonds.